The lowest BCUT2D eigenvalue weighted by molar-refractivity contribution is -0.118. The van der Waals surface area contributed by atoms with E-state index in [9.17, 15) is 4.79 Å². The Bertz CT molecular complexity index is 1110. The van der Waals surface area contributed by atoms with Crippen molar-refractivity contribution >= 4 is 11.6 Å². The molecule has 150 valence electrons. The van der Waals surface area contributed by atoms with Crippen molar-refractivity contribution in [2.75, 3.05) is 11.9 Å². The van der Waals surface area contributed by atoms with Crippen LogP contribution in [0.1, 0.15) is 5.82 Å². The van der Waals surface area contributed by atoms with Crippen molar-refractivity contribution < 1.29 is 14.3 Å². The third-order valence-electron chi connectivity index (χ3n) is 4.17. The molecule has 4 rings (SSSR count). The molecule has 0 bridgehead atoms. The Morgan fingerprint density at radius 3 is 2.43 bits per heavy atom. The molecule has 2 heterocycles. The van der Waals surface area contributed by atoms with Gasteiger partial charge in [0.2, 0.25) is 5.88 Å². The number of hydrogen-bond acceptors (Lipinski definition) is 6. The molecule has 0 fully saturated rings. The second-order valence-corrected chi connectivity index (χ2v) is 6.35. The maximum absolute atomic E-state index is 12.0. The molecular formula is C22H19N5O3. The van der Waals surface area contributed by atoms with Gasteiger partial charge in [-0.05, 0) is 49.4 Å². The third kappa shape index (κ3) is 4.79. The van der Waals surface area contributed by atoms with E-state index in [1.165, 1.54) is 0 Å². The first-order valence-corrected chi connectivity index (χ1v) is 9.27. The van der Waals surface area contributed by atoms with Crippen LogP contribution < -0.4 is 14.8 Å². The third-order valence-corrected chi connectivity index (χ3v) is 4.17. The minimum Gasteiger partial charge on any atom is -0.484 e. The summed E-state index contributed by atoms with van der Waals surface area (Å²) in [5.74, 6) is 2.83. The standard InChI is InChI=1S/C22H19N5O3/c1-16-23-13-14-27(16)20-11-12-22(26-25-20)30-19-9-7-17(8-10-19)24-21(28)15-29-18-5-3-2-4-6-18/h2-14H,15H2,1H3,(H,24,28). The van der Waals surface area contributed by atoms with Gasteiger partial charge in [0.05, 0.1) is 0 Å². The molecule has 0 saturated heterocycles. The number of aryl methyl sites for hydroxylation is 1. The number of para-hydroxylation sites is 1. The average molecular weight is 401 g/mol. The van der Waals surface area contributed by atoms with E-state index >= 15 is 0 Å². The number of benzene rings is 2. The zero-order valence-electron chi connectivity index (χ0n) is 16.2. The number of imidazole rings is 1. The number of rotatable bonds is 7. The Morgan fingerprint density at radius 1 is 0.967 bits per heavy atom. The minimum atomic E-state index is -0.247. The number of nitrogens with one attached hydrogen (secondary N) is 1. The van der Waals surface area contributed by atoms with Crippen molar-refractivity contribution in [2.24, 2.45) is 0 Å². The minimum absolute atomic E-state index is 0.0689. The summed E-state index contributed by atoms with van der Waals surface area (Å²) >= 11 is 0. The van der Waals surface area contributed by atoms with Gasteiger partial charge in [-0.3, -0.25) is 9.36 Å². The van der Waals surface area contributed by atoms with E-state index in [-0.39, 0.29) is 12.5 Å². The topological polar surface area (TPSA) is 91.2 Å². The second-order valence-electron chi connectivity index (χ2n) is 6.35. The number of nitrogens with zero attached hydrogens (tertiary/aromatic N) is 4. The highest BCUT2D eigenvalue weighted by atomic mass is 16.5. The summed E-state index contributed by atoms with van der Waals surface area (Å²) < 4.78 is 13.0. The van der Waals surface area contributed by atoms with Crippen molar-refractivity contribution in [1.29, 1.82) is 0 Å². The van der Waals surface area contributed by atoms with Crippen molar-refractivity contribution in [1.82, 2.24) is 19.7 Å². The maximum atomic E-state index is 12.0. The summed E-state index contributed by atoms with van der Waals surface area (Å²) in [4.78, 5) is 16.2. The summed E-state index contributed by atoms with van der Waals surface area (Å²) in [5.41, 5.74) is 0.640. The van der Waals surface area contributed by atoms with Gasteiger partial charge in [0.15, 0.2) is 12.4 Å². The number of carbonyl (C=O) groups is 1. The summed E-state index contributed by atoms with van der Waals surface area (Å²) in [6.45, 7) is 1.82. The van der Waals surface area contributed by atoms with Gasteiger partial charge in [-0.1, -0.05) is 18.2 Å². The van der Waals surface area contributed by atoms with Crippen molar-refractivity contribution in [3.05, 3.63) is 84.9 Å². The lowest BCUT2D eigenvalue weighted by Gasteiger charge is -2.09. The van der Waals surface area contributed by atoms with Gasteiger partial charge in [0, 0.05) is 24.1 Å². The van der Waals surface area contributed by atoms with Crippen molar-refractivity contribution in [2.45, 2.75) is 6.92 Å². The van der Waals surface area contributed by atoms with E-state index < -0.39 is 0 Å². The molecule has 2 aromatic carbocycles. The average Bonchev–Trinajstić information content (AvgIpc) is 3.21. The second kappa shape index (κ2) is 8.87. The monoisotopic (exact) mass is 401 g/mol. The fourth-order valence-electron chi connectivity index (χ4n) is 2.71. The van der Waals surface area contributed by atoms with Gasteiger partial charge in [0.1, 0.15) is 17.3 Å². The fourth-order valence-corrected chi connectivity index (χ4v) is 2.71. The smallest absolute Gasteiger partial charge is 0.262 e. The highest BCUT2D eigenvalue weighted by Crippen LogP contribution is 2.21. The molecule has 0 radical (unpaired) electrons. The zero-order chi connectivity index (χ0) is 20.8. The quantitative estimate of drug-likeness (QED) is 0.507. The van der Waals surface area contributed by atoms with Crippen LogP contribution in [0.3, 0.4) is 0 Å². The first kappa shape index (κ1) is 19.1. The summed E-state index contributed by atoms with van der Waals surface area (Å²) in [5, 5.41) is 11.0. The SMILES string of the molecule is Cc1nccn1-c1ccc(Oc2ccc(NC(=O)COc3ccccc3)cc2)nn1. The van der Waals surface area contributed by atoms with Gasteiger partial charge < -0.3 is 14.8 Å². The molecule has 2 aromatic heterocycles. The van der Waals surface area contributed by atoms with Crippen LogP contribution in [0.5, 0.6) is 17.4 Å². The highest BCUT2D eigenvalue weighted by molar-refractivity contribution is 5.91. The van der Waals surface area contributed by atoms with Crippen LogP contribution >= 0.6 is 0 Å². The summed E-state index contributed by atoms with van der Waals surface area (Å²) in [6.07, 6.45) is 3.52. The maximum Gasteiger partial charge on any atom is 0.262 e. The van der Waals surface area contributed by atoms with E-state index in [2.05, 4.69) is 20.5 Å². The molecule has 0 aliphatic heterocycles. The Morgan fingerprint density at radius 2 is 1.77 bits per heavy atom. The van der Waals surface area contributed by atoms with E-state index in [0.717, 1.165) is 5.82 Å². The van der Waals surface area contributed by atoms with Crippen LogP contribution in [0.2, 0.25) is 0 Å². The van der Waals surface area contributed by atoms with Gasteiger partial charge in [0.25, 0.3) is 5.91 Å². The molecule has 0 aliphatic carbocycles. The molecule has 8 nitrogen and oxygen atoms in total. The van der Waals surface area contributed by atoms with E-state index in [1.54, 1.807) is 54.7 Å². The molecule has 8 heteroatoms. The number of ether oxygens (including phenoxy) is 2. The molecule has 1 N–H and O–H groups in total. The number of aromatic nitrogens is 4. The molecule has 0 unspecified atom stereocenters. The van der Waals surface area contributed by atoms with Gasteiger partial charge in [-0.15, -0.1) is 10.2 Å². The fraction of sp³-hybridized carbons (Fsp3) is 0.0909. The predicted molar refractivity (Wildman–Crippen MR) is 111 cm³/mol. The molecule has 1 amide bonds. The Kier molecular flexibility index (Phi) is 5.66. The normalized spacial score (nSPS) is 10.4. The van der Waals surface area contributed by atoms with Crippen LogP contribution in [-0.4, -0.2) is 32.3 Å². The first-order valence-electron chi connectivity index (χ1n) is 9.27. The van der Waals surface area contributed by atoms with Crippen molar-refractivity contribution in [3.63, 3.8) is 0 Å². The van der Waals surface area contributed by atoms with Crippen LogP contribution in [-0.2, 0) is 4.79 Å². The van der Waals surface area contributed by atoms with Gasteiger partial charge in [-0.25, -0.2) is 4.98 Å². The zero-order valence-corrected chi connectivity index (χ0v) is 16.2. The predicted octanol–water partition coefficient (Wildman–Crippen LogP) is 3.78. The Hall–Kier alpha value is -4.20. The highest BCUT2D eigenvalue weighted by Gasteiger charge is 2.06. The van der Waals surface area contributed by atoms with Crippen molar-refractivity contribution in [3.8, 4) is 23.2 Å². The van der Waals surface area contributed by atoms with Crippen LogP contribution in [0.25, 0.3) is 5.82 Å². The summed E-state index contributed by atoms with van der Waals surface area (Å²) in [7, 11) is 0. The van der Waals surface area contributed by atoms with Crippen LogP contribution in [0.15, 0.2) is 79.1 Å². The molecule has 0 spiro atoms. The van der Waals surface area contributed by atoms with Gasteiger partial charge >= 0.3 is 0 Å². The summed E-state index contributed by atoms with van der Waals surface area (Å²) in [6, 6.07) is 19.7. The van der Waals surface area contributed by atoms with E-state index in [1.807, 2.05) is 35.9 Å². The van der Waals surface area contributed by atoms with Gasteiger partial charge in [-0.2, -0.15) is 0 Å². The number of hydrogen-bond donors (Lipinski definition) is 1. The first-order chi connectivity index (χ1) is 14.7. The molecule has 0 atom stereocenters. The Labute approximate surface area is 173 Å². The Balaban J connectivity index is 1.31. The van der Waals surface area contributed by atoms with E-state index in [4.69, 9.17) is 9.47 Å². The number of anilines is 1. The van der Waals surface area contributed by atoms with Crippen LogP contribution in [0, 0.1) is 6.92 Å². The molecular weight excluding hydrogens is 382 g/mol. The lowest BCUT2D eigenvalue weighted by Crippen LogP contribution is -2.20. The molecule has 0 aliphatic rings. The molecule has 4 aromatic rings. The van der Waals surface area contributed by atoms with Crippen LogP contribution in [0.4, 0.5) is 5.69 Å². The largest absolute Gasteiger partial charge is 0.484 e. The number of amides is 1. The van der Waals surface area contributed by atoms with E-state index in [0.29, 0.717) is 28.9 Å². The molecule has 30 heavy (non-hydrogen) atoms. The number of carbonyl (C=O) groups excluding carboxylic acids is 1. The lowest BCUT2D eigenvalue weighted by atomic mass is 10.3. The molecule has 0 saturated carbocycles.